The van der Waals surface area contributed by atoms with E-state index in [1.54, 1.807) is 6.07 Å². The predicted molar refractivity (Wildman–Crippen MR) is 75.3 cm³/mol. The van der Waals surface area contributed by atoms with E-state index >= 15 is 0 Å². The molecule has 1 heterocycles. The van der Waals surface area contributed by atoms with E-state index in [2.05, 4.69) is 4.90 Å². The fraction of sp³-hybridized carbons (Fsp3) is 0.500. The number of nitro groups is 1. The minimum atomic E-state index is -0.502. The molecule has 0 saturated carbocycles. The summed E-state index contributed by atoms with van der Waals surface area (Å²) < 4.78 is 5.56. The molecule has 1 saturated heterocycles. The standard InChI is InChI=1S/C14H18N2O4/c1-10-9-15(6-3-7-20-10)12-4-5-13(11(2)17)14(8-12)16(18)19/h4-5,8,10H,3,6-7,9H2,1-2H3. The van der Waals surface area contributed by atoms with Gasteiger partial charge >= 0.3 is 0 Å². The van der Waals surface area contributed by atoms with Crippen LogP contribution in [0.1, 0.15) is 30.6 Å². The second-order valence-corrected chi connectivity index (χ2v) is 5.00. The first-order chi connectivity index (χ1) is 9.49. The van der Waals surface area contributed by atoms with Crippen molar-refractivity contribution >= 4 is 17.2 Å². The lowest BCUT2D eigenvalue weighted by Gasteiger charge is -2.24. The summed E-state index contributed by atoms with van der Waals surface area (Å²) >= 11 is 0. The van der Waals surface area contributed by atoms with E-state index in [1.165, 1.54) is 19.1 Å². The van der Waals surface area contributed by atoms with Crippen molar-refractivity contribution in [3.63, 3.8) is 0 Å². The van der Waals surface area contributed by atoms with Gasteiger partial charge in [-0.15, -0.1) is 0 Å². The Bertz CT molecular complexity index is 530. The van der Waals surface area contributed by atoms with Crippen LogP contribution in [0.5, 0.6) is 0 Å². The molecule has 1 atom stereocenters. The van der Waals surface area contributed by atoms with Gasteiger partial charge in [-0.2, -0.15) is 0 Å². The van der Waals surface area contributed by atoms with E-state index in [-0.39, 0.29) is 23.1 Å². The van der Waals surface area contributed by atoms with E-state index in [0.29, 0.717) is 13.2 Å². The van der Waals surface area contributed by atoms with Crippen LogP contribution < -0.4 is 4.90 Å². The Hall–Kier alpha value is -1.95. The third-order valence-electron chi connectivity index (χ3n) is 3.37. The van der Waals surface area contributed by atoms with Crippen molar-refractivity contribution in [3.05, 3.63) is 33.9 Å². The lowest BCUT2D eigenvalue weighted by atomic mass is 10.1. The number of Topliss-reactive ketones (excluding diaryl/α,β-unsaturated/α-hetero) is 1. The van der Waals surface area contributed by atoms with Gasteiger partial charge in [-0.3, -0.25) is 14.9 Å². The zero-order valence-electron chi connectivity index (χ0n) is 11.7. The van der Waals surface area contributed by atoms with E-state index in [9.17, 15) is 14.9 Å². The van der Waals surface area contributed by atoms with Crippen molar-refractivity contribution in [3.8, 4) is 0 Å². The van der Waals surface area contributed by atoms with Gasteiger partial charge in [0, 0.05) is 31.5 Å². The number of nitro benzene ring substituents is 1. The molecule has 1 aromatic carbocycles. The number of nitrogens with zero attached hydrogens (tertiary/aromatic N) is 2. The Kier molecular flexibility index (Phi) is 4.34. The van der Waals surface area contributed by atoms with Crippen LogP contribution in [0.15, 0.2) is 18.2 Å². The molecule has 0 radical (unpaired) electrons. The molecule has 20 heavy (non-hydrogen) atoms. The average Bonchev–Trinajstić information content (AvgIpc) is 2.62. The molecule has 0 aliphatic carbocycles. The van der Waals surface area contributed by atoms with Crippen molar-refractivity contribution in [1.82, 2.24) is 0 Å². The van der Waals surface area contributed by atoms with Gasteiger partial charge in [-0.25, -0.2) is 0 Å². The van der Waals surface area contributed by atoms with Gasteiger partial charge in [-0.1, -0.05) is 0 Å². The van der Waals surface area contributed by atoms with Crippen molar-refractivity contribution in [2.24, 2.45) is 0 Å². The molecule has 1 aliphatic heterocycles. The second-order valence-electron chi connectivity index (χ2n) is 5.00. The number of carbonyl (C=O) groups excluding carboxylic acids is 1. The minimum Gasteiger partial charge on any atom is -0.377 e. The molecule has 0 N–H and O–H groups in total. The number of ether oxygens (including phenoxy) is 1. The van der Waals surface area contributed by atoms with Gasteiger partial charge in [0.15, 0.2) is 5.78 Å². The summed E-state index contributed by atoms with van der Waals surface area (Å²) in [6, 6.07) is 4.78. The molecule has 0 aromatic heterocycles. The van der Waals surface area contributed by atoms with Gasteiger partial charge < -0.3 is 9.64 Å². The maximum Gasteiger partial charge on any atom is 0.282 e. The third kappa shape index (κ3) is 3.14. The molecule has 6 heteroatoms. The number of anilines is 1. The van der Waals surface area contributed by atoms with Crippen LogP contribution in [0.3, 0.4) is 0 Å². The fourth-order valence-electron chi connectivity index (χ4n) is 2.39. The van der Waals surface area contributed by atoms with Crippen molar-refractivity contribution in [2.45, 2.75) is 26.4 Å². The highest BCUT2D eigenvalue weighted by atomic mass is 16.6. The second kappa shape index (κ2) is 6.00. The van der Waals surface area contributed by atoms with Crippen LogP contribution >= 0.6 is 0 Å². The molecule has 1 unspecified atom stereocenters. The molecule has 0 spiro atoms. The predicted octanol–water partition coefficient (Wildman–Crippen LogP) is 2.41. The summed E-state index contributed by atoms with van der Waals surface area (Å²) in [5.74, 6) is -0.296. The number of benzene rings is 1. The Morgan fingerprint density at radius 2 is 2.25 bits per heavy atom. The SMILES string of the molecule is CC(=O)c1ccc(N2CCCOC(C)C2)cc1[N+](=O)[O-]. The number of hydrogen-bond donors (Lipinski definition) is 0. The molecule has 2 rings (SSSR count). The van der Waals surface area contributed by atoms with Crippen molar-refractivity contribution in [1.29, 1.82) is 0 Å². The Labute approximate surface area is 117 Å². The molecular weight excluding hydrogens is 260 g/mol. The molecule has 0 bridgehead atoms. The molecule has 1 aromatic rings. The van der Waals surface area contributed by atoms with Crippen LogP contribution in [0.4, 0.5) is 11.4 Å². The summed E-state index contributed by atoms with van der Waals surface area (Å²) in [5, 5.41) is 11.1. The van der Waals surface area contributed by atoms with Gasteiger partial charge in [0.2, 0.25) is 0 Å². The molecular formula is C14H18N2O4. The molecule has 0 amide bonds. The first kappa shape index (κ1) is 14.5. The van der Waals surface area contributed by atoms with E-state index in [1.807, 2.05) is 6.92 Å². The first-order valence-electron chi connectivity index (χ1n) is 6.65. The first-order valence-corrected chi connectivity index (χ1v) is 6.65. The van der Waals surface area contributed by atoms with Gasteiger partial charge in [0.1, 0.15) is 0 Å². The van der Waals surface area contributed by atoms with Gasteiger partial charge in [0.25, 0.3) is 5.69 Å². The minimum absolute atomic E-state index is 0.0871. The highest BCUT2D eigenvalue weighted by molar-refractivity contribution is 5.98. The molecule has 108 valence electrons. The molecule has 1 aliphatic rings. The zero-order valence-corrected chi connectivity index (χ0v) is 11.7. The monoisotopic (exact) mass is 278 g/mol. The summed E-state index contributed by atoms with van der Waals surface area (Å²) in [6.07, 6.45) is 0.969. The summed E-state index contributed by atoms with van der Waals surface area (Å²) in [4.78, 5) is 24.1. The topological polar surface area (TPSA) is 72.7 Å². The smallest absolute Gasteiger partial charge is 0.282 e. The van der Waals surface area contributed by atoms with Crippen LogP contribution in [0, 0.1) is 10.1 Å². The maximum absolute atomic E-state index is 11.4. The van der Waals surface area contributed by atoms with Crippen LogP contribution in [0.25, 0.3) is 0 Å². The summed E-state index contributed by atoms with van der Waals surface area (Å²) in [5.41, 5.74) is 0.782. The third-order valence-corrected chi connectivity index (χ3v) is 3.37. The van der Waals surface area contributed by atoms with Crippen molar-refractivity contribution < 1.29 is 14.5 Å². The largest absolute Gasteiger partial charge is 0.377 e. The fourth-order valence-corrected chi connectivity index (χ4v) is 2.39. The average molecular weight is 278 g/mol. The normalized spacial score (nSPS) is 19.5. The highest BCUT2D eigenvalue weighted by Gasteiger charge is 2.21. The number of hydrogen-bond acceptors (Lipinski definition) is 5. The number of ketones is 1. The van der Waals surface area contributed by atoms with Crippen LogP contribution in [0.2, 0.25) is 0 Å². The maximum atomic E-state index is 11.4. The molecule has 6 nitrogen and oxygen atoms in total. The Balaban J connectivity index is 2.35. The lowest BCUT2D eigenvalue weighted by molar-refractivity contribution is -0.385. The number of rotatable bonds is 3. The lowest BCUT2D eigenvalue weighted by Crippen LogP contribution is -2.30. The quantitative estimate of drug-likeness (QED) is 0.482. The van der Waals surface area contributed by atoms with Crippen LogP contribution in [-0.4, -0.2) is 36.5 Å². The Morgan fingerprint density at radius 1 is 1.50 bits per heavy atom. The van der Waals surface area contributed by atoms with Crippen LogP contribution in [-0.2, 0) is 4.74 Å². The zero-order chi connectivity index (χ0) is 14.7. The van der Waals surface area contributed by atoms with Gasteiger partial charge in [0.05, 0.1) is 16.6 Å². The van der Waals surface area contributed by atoms with E-state index in [0.717, 1.165) is 18.7 Å². The summed E-state index contributed by atoms with van der Waals surface area (Å²) in [7, 11) is 0. The molecule has 1 fully saturated rings. The van der Waals surface area contributed by atoms with Gasteiger partial charge in [-0.05, 0) is 32.4 Å². The van der Waals surface area contributed by atoms with E-state index in [4.69, 9.17) is 4.74 Å². The summed E-state index contributed by atoms with van der Waals surface area (Å²) in [6.45, 7) is 5.50. The number of carbonyl (C=O) groups is 1. The Morgan fingerprint density at radius 3 is 2.90 bits per heavy atom. The van der Waals surface area contributed by atoms with Crippen molar-refractivity contribution in [2.75, 3.05) is 24.6 Å². The highest BCUT2D eigenvalue weighted by Crippen LogP contribution is 2.27. The van der Waals surface area contributed by atoms with E-state index < -0.39 is 4.92 Å².